The third kappa shape index (κ3) is 3.95. The molecule has 2 rings (SSSR count). The summed E-state index contributed by atoms with van der Waals surface area (Å²) in [5.74, 6) is 0. The second-order valence-electron chi connectivity index (χ2n) is 4.88. The first kappa shape index (κ1) is 14.4. The van der Waals surface area contributed by atoms with Gasteiger partial charge in [-0.3, -0.25) is 0 Å². The van der Waals surface area contributed by atoms with Gasteiger partial charge in [0.2, 0.25) is 0 Å². The van der Waals surface area contributed by atoms with Gasteiger partial charge in [-0.2, -0.15) is 0 Å². The smallest absolute Gasteiger partial charge is 0.183 e. The second kappa shape index (κ2) is 7.51. The molecule has 0 saturated carbocycles. The zero-order valence-corrected chi connectivity index (χ0v) is 12.1. The van der Waals surface area contributed by atoms with E-state index in [1.807, 2.05) is 13.8 Å². The fraction of sp³-hybridized carbons (Fsp3) is 0.625. The van der Waals surface area contributed by atoms with Crippen molar-refractivity contribution in [1.82, 2.24) is 0 Å². The topological polar surface area (TPSA) is 21.7 Å². The number of hydrogen-bond acceptors (Lipinski definition) is 3. The lowest BCUT2D eigenvalue weighted by Crippen LogP contribution is -2.29. The van der Waals surface area contributed by atoms with Crippen molar-refractivity contribution in [2.24, 2.45) is 0 Å². The van der Waals surface area contributed by atoms with Crippen LogP contribution in [0.4, 0.5) is 5.69 Å². The monoisotopic (exact) mass is 263 g/mol. The van der Waals surface area contributed by atoms with Gasteiger partial charge in [-0.05, 0) is 45.2 Å². The summed E-state index contributed by atoms with van der Waals surface area (Å²) in [5, 5.41) is 0. The summed E-state index contributed by atoms with van der Waals surface area (Å²) >= 11 is 0. The van der Waals surface area contributed by atoms with Crippen molar-refractivity contribution in [2.75, 3.05) is 31.2 Å². The van der Waals surface area contributed by atoms with Gasteiger partial charge in [0, 0.05) is 37.6 Å². The van der Waals surface area contributed by atoms with Crippen LogP contribution in [-0.2, 0) is 9.47 Å². The minimum atomic E-state index is -0.231. The normalized spacial score (nSPS) is 16.1. The highest BCUT2D eigenvalue weighted by Gasteiger charge is 2.14. The largest absolute Gasteiger partial charge is 0.372 e. The van der Waals surface area contributed by atoms with Gasteiger partial charge >= 0.3 is 0 Å². The Labute approximate surface area is 116 Å². The van der Waals surface area contributed by atoms with E-state index >= 15 is 0 Å². The minimum Gasteiger partial charge on any atom is -0.372 e. The molecule has 0 N–H and O–H groups in total. The number of benzene rings is 1. The quantitative estimate of drug-likeness (QED) is 0.730. The summed E-state index contributed by atoms with van der Waals surface area (Å²) < 4.78 is 11.2. The van der Waals surface area contributed by atoms with Crippen molar-refractivity contribution in [1.29, 1.82) is 0 Å². The molecule has 1 aromatic carbocycles. The number of anilines is 1. The van der Waals surface area contributed by atoms with Crippen molar-refractivity contribution in [3.05, 3.63) is 29.8 Å². The molecule has 3 nitrogen and oxygen atoms in total. The van der Waals surface area contributed by atoms with Gasteiger partial charge in [-0.1, -0.05) is 12.1 Å². The minimum absolute atomic E-state index is 0.231. The van der Waals surface area contributed by atoms with Crippen molar-refractivity contribution >= 4 is 5.69 Å². The molecule has 0 atom stereocenters. The van der Waals surface area contributed by atoms with Crippen molar-refractivity contribution in [3.63, 3.8) is 0 Å². The summed E-state index contributed by atoms with van der Waals surface area (Å²) in [4.78, 5) is 2.46. The van der Waals surface area contributed by atoms with Crippen LogP contribution in [0, 0.1) is 0 Å². The van der Waals surface area contributed by atoms with Crippen LogP contribution in [0.2, 0.25) is 0 Å². The van der Waals surface area contributed by atoms with Gasteiger partial charge < -0.3 is 14.4 Å². The Bertz CT molecular complexity index is 352. The molecule has 19 heavy (non-hydrogen) atoms. The zero-order chi connectivity index (χ0) is 13.5. The van der Waals surface area contributed by atoms with E-state index in [4.69, 9.17) is 9.47 Å². The molecule has 0 amide bonds. The third-order valence-corrected chi connectivity index (χ3v) is 3.52. The Kier molecular flexibility index (Phi) is 5.67. The second-order valence-corrected chi connectivity index (χ2v) is 4.88. The molecular formula is C16H25NO2. The zero-order valence-electron chi connectivity index (χ0n) is 12.1. The number of hydrogen-bond donors (Lipinski definition) is 0. The van der Waals surface area contributed by atoms with Gasteiger partial charge in [-0.25, -0.2) is 0 Å². The van der Waals surface area contributed by atoms with E-state index in [1.54, 1.807) is 0 Å². The maximum absolute atomic E-state index is 5.62. The standard InChI is InChI=1S/C16H25NO2/c1-3-18-16(19-4-2)14-8-10-15(11-9-14)17-12-6-5-7-13-17/h8-11,16H,3-7,12-13H2,1-2H3. The Balaban J connectivity index is 2.03. The van der Waals surface area contributed by atoms with Gasteiger partial charge in [0.25, 0.3) is 0 Å². The lowest BCUT2D eigenvalue weighted by molar-refractivity contribution is -0.140. The van der Waals surface area contributed by atoms with E-state index in [1.165, 1.54) is 38.0 Å². The van der Waals surface area contributed by atoms with E-state index in [-0.39, 0.29) is 6.29 Å². The van der Waals surface area contributed by atoms with Crippen LogP contribution in [0.3, 0.4) is 0 Å². The molecule has 1 aliphatic heterocycles. The molecule has 1 aromatic rings. The molecule has 3 heteroatoms. The number of piperidine rings is 1. The fourth-order valence-electron chi connectivity index (χ4n) is 2.54. The summed E-state index contributed by atoms with van der Waals surface area (Å²) in [6, 6.07) is 8.62. The highest BCUT2D eigenvalue weighted by Crippen LogP contribution is 2.24. The number of nitrogens with zero attached hydrogens (tertiary/aromatic N) is 1. The first-order chi connectivity index (χ1) is 9.35. The van der Waals surface area contributed by atoms with E-state index in [9.17, 15) is 0 Å². The molecule has 0 aromatic heterocycles. The summed E-state index contributed by atoms with van der Waals surface area (Å²) in [6.45, 7) is 7.68. The maximum atomic E-state index is 5.62. The number of rotatable bonds is 6. The molecule has 0 spiro atoms. The van der Waals surface area contributed by atoms with Gasteiger partial charge in [0.05, 0.1) is 0 Å². The molecule has 0 aliphatic carbocycles. The molecule has 0 bridgehead atoms. The van der Waals surface area contributed by atoms with Crippen LogP contribution in [0.25, 0.3) is 0 Å². The summed E-state index contributed by atoms with van der Waals surface area (Å²) in [5.41, 5.74) is 2.42. The first-order valence-corrected chi connectivity index (χ1v) is 7.43. The van der Waals surface area contributed by atoms with Crippen LogP contribution in [0.15, 0.2) is 24.3 Å². The van der Waals surface area contributed by atoms with E-state index in [0.29, 0.717) is 13.2 Å². The third-order valence-electron chi connectivity index (χ3n) is 3.52. The molecule has 0 radical (unpaired) electrons. The lowest BCUT2D eigenvalue weighted by atomic mass is 10.1. The lowest BCUT2D eigenvalue weighted by Gasteiger charge is -2.29. The van der Waals surface area contributed by atoms with Gasteiger partial charge in [0.15, 0.2) is 6.29 Å². The van der Waals surface area contributed by atoms with Crippen LogP contribution in [-0.4, -0.2) is 26.3 Å². The Hall–Kier alpha value is -1.06. The SMILES string of the molecule is CCOC(OCC)c1ccc(N2CCCCC2)cc1. The van der Waals surface area contributed by atoms with Crippen molar-refractivity contribution < 1.29 is 9.47 Å². The van der Waals surface area contributed by atoms with E-state index in [2.05, 4.69) is 29.2 Å². The van der Waals surface area contributed by atoms with Gasteiger partial charge in [-0.15, -0.1) is 0 Å². The molecule has 1 heterocycles. The molecule has 106 valence electrons. The average molecular weight is 263 g/mol. The molecule has 1 saturated heterocycles. The van der Waals surface area contributed by atoms with E-state index < -0.39 is 0 Å². The first-order valence-electron chi connectivity index (χ1n) is 7.43. The van der Waals surface area contributed by atoms with Crippen molar-refractivity contribution in [3.8, 4) is 0 Å². The highest BCUT2D eigenvalue weighted by atomic mass is 16.7. The highest BCUT2D eigenvalue weighted by molar-refractivity contribution is 5.48. The predicted octanol–water partition coefficient (Wildman–Crippen LogP) is 3.75. The molecule has 1 fully saturated rings. The van der Waals surface area contributed by atoms with Crippen LogP contribution < -0.4 is 4.90 Å². The van der Waals surface area contributed by atoms with Crippen molar-refractivity contribution in [2.45, 2.75) is 39.4 Å². The molecular weight excluding hydrogens is 238 g/mol. The average Bonchev–Trinajstić information content (AvgIpc) is 2.48. The predicted molar refractivity (Wildman–Crippen MR) is 78.5 cm³/mol. The van der Waals surface area contributed by atoms with E-state index in [0.717, 1.165) is 5.56 Å². The number of ether oxygens (including phenoxy) is 2. The summed E-state index contributed by atoms with van der Waals surface area (Å²) in [7, 11) is 0. The summed E-state index contributed by atoms with van der Waals surface area (Å²) in [6.07, 6.45) is 3.75. The fourth-order valence-corrected chi connectivity index (χ4v) is 2.54. The molecule has 1 aliphatic rings. The maximum Gasteiger partial charge on any atom is 0.183 e. The molecule has 0 unspecified atom stereocenters. The Morgan fingerprint density at radius 3 is 2.05 bits per heavy atom. The Morgan fingerprint density at radius 1 is 0.947 bits per heavy atom. The van der Waals surface area contributed by atoms with Crippen LogP contribution in [0.5, 0.6) is 0 Å². The van der Waals surface area contributed by atoms with Crippen LogP contribution >= 0.6 is 0 Å². The van der Waals surface area contributed by atoms with Crippen LogP contribution in [0.1, 0.15) is 45.0 Å². The van der Waals surface area contributed by atoms with Gasteiger partial charge in [0.1, 0.15) is 0 Å². The Morgan fingerprint density at radius 2 is 1.53 bits per heavy atom.